The third kappa shape index (κ3) is 14.7. The minimum Gasteiger partial charge on any atom is -0.465 e. The average molecular weight is 474 g/mol. The van der Waals surface area contributed by atoms with Gasteiger partial charge >= 0.3 is 5.97 Å². The Balaban J connectivity index is 0.000000726. The SMILES string of the molecule is COCCCCCC(=O)OCC(CCCC(C)=O)C(N)=O.Cc1ccccc1S(=O)(=O)O. The molecule has 0 aliphatic carbocycles. The van der Waals surface area contributed by atoms with Crippen LogP contribution < -0.4 is 5.73 Å². The lowest BCUT2D eigenvalue weighted by molar-refractivity contribution is -0.146. The Hall–Kier alpha value is -2.30. The van der Waals surface area contributed by atoms with Gasteiger partial charge in [0.15, 0.2) is 0 Å². The number of hydrogen-bond acceptors (Lipinski definition) is 7. The summed E-state index contributed by atoms with van der Waals surface area (Å²) in [7, 11) is -2.39. The Bertz CT molecular complexity index is 823. The third-order valence-corrected chi connectivity index (χ3v) is 5.54. The highest BCUT2D eigenvalue weighted by Gasteiger charge is 2.17. The van der Waals surface area contributed by atoms with E-state index in [-0.39, 0.29) is 23.3 Å². The number of rotatable bonds is 14. The van der Waals surface area contributed by atoms with Gasteiger partial charge in [-0.05, 0) is 51.2 Å². The lowest BCUT2D eigenvalue weighted by Gasteiger charge is -2.13. The summed E-state index contributed by atoms with van der Waals surface area (Å²) in [6, 6.07) is 6.27. The van der Waals surface area contributed by atoms with Crippen molar-refractivity contribution in [1.29, 1.82) is 0 Å². The van der Waals surface area contributed by atoms with E-state index in [0.29, 0.717) is 37.9 Å². The summed E-state index contributed by atoms with van der Waals surface area (Å²) < 4.78 is 39.9. The molecule has 1 rings (SSSR count). The van der Waals surface area contributed by atoms with Gasteiger partial charge in [-0.15, -0.1) is 0 Å². The van der Waals surface area contributed by atoms with Crippen molar-refractivity contribution in [2.45, 2.75) is 63.7 Å². The maximum absolute atomic E-state index is 11.5. The van der Waals surface area contributed by atoms with E-state index in [1.54, 1.807) is 32.2 Å². The van der Waals surface area contributed by atoms with Crippen molar-refractivity contribution < 1.29 is 36.8 Å². The zero-order valence-electron chi connectivity index (χ0n) is 19.0. The van der Waals surface area contributed by atoms with Crippen LogP contribution in [0.3, 0.4) is 0 Å². The molecule has 0 spiro atoms. The molecule has 3 N–H and O–H groups in total. The Morgan fingerprint density at radius 2 is 1.72 bits per heavy atom. The molecule has 0 aromatic heterocycles. The van der Waals surface area contributed by atoms with Gasteiger partial charge in [0.1, 0.15) is 12.4 Å². The first kappa shape index (κ1) is 29.7. The molecule has 9 nitrogen and oxygen atoms in total. The Kier molecular flexibility index (Phi) is 15.2. The van der Waals surface area contributed by atoms with E-state index in [0.717, 1.165) is 19.3 Å². The summed E-state index contributed by atoms with van der Waals surface area (Å²) in [5.41, 5.74) is 5.82. The second kappa shape index (κ2) is 16.3. The predicted molar refractivity (Wildman–Crippen MR) is 120 cm³/mol. The molecule has 0 aliphatic rings. The fraction of sp³-hybridized carbons (Fsp3) is 0.591. The number of amides is 1. The maximum atomic E-state index is 11.5. The van der Waals surface area contributed by atoms with E-state index >= 15 is 0 Å². The van der Waals surface area contributed by atoms with Gasteiger partial charge in [-0.1, -0.05) is 24.6 Å². The minimum atomic E-state index is -4.03. The van der Waals surface area contributed by atoms with Crippen LogP contribution in [-0.2, 0) is 34.0 Å². The molecule has 0 saturated carbocycles. The van der Waals surface area contributed by atoms with E-state index in [1.807, 2.05) is 0 Å². The summed E-state index contributed by atoms with van der Waals surface area (Å²) in [5.74, 6) is -1.25. The van der Waals surface area contributed by atoms with Gasteiger partial charge in [-0.25, -0.2) is 0 Å². The number of ketones is 1. The molecule has 1 atom stereocenters. The summed E-state index contributed by atoms with van der Waals surface area (Å²) in [5, 5.41) is 0. The first-order valence-corrected chi connectivity index (χ1v) is 11.9. The molecule has 0 heterocycles. The zero-order valence-corrected chi connectivity index (χ0v) is 19.9. The normalized spacial score (nSPS) is 11.8. The number of Topliss-reactive ketones (excluding diaryl/α,β-unsaturated/α-hetero) is 1. The number of carbonyl (C=O) groups is 3. The zero-order chi connectivity index (χ0) is 24.6. The van der Waals surface area contributed by atoms with Crippen molar-refractivity contribution in [3.05, 3.63) is 29.8 Å². The van der Waals surface area contributed by atoms with Gasteiger partial charge in [0.25, 0.3) is 10.1 Å². The Labute approximate surface area is 190 Å². The van der Waals surface area contributed by atoms with Gasteiger partial charge in [0.2, 0.25) is 5.91 Å². The minimum absolute atomic E-state index is 0.00411. The molecule has 0 fully saturated rings. The van der Waals surface area contributed by atoms with Gasteiger partial charge in [-0.2, -0.15) is 8.42 Å². The molecule has 1 aromatic rings. The summed E-state index contributed by atoms with van der Waals surface area (Å²) in [6.07, 6.45) is 4.36. The van der Waals surface area contributed by atoms with Crippen LogP contribution in [0.5, 0.6) is 0 Å². The van der Waals surface area contributed by atoms with Gasteiger partial charge in [0, 0.05) is 26.6 Å². The number of hydrogen-bond donors (Lipinski definition) is 2. The van der Waals surface area contributed by atoms with Crippen LogP contribution in [0.2, 0.25) is 0 Å². The lowest BCUT2D eigenvalue weighted by Crippen LogP contribution is -2.28. The van der Waals surface area contributed by atoms with Crippen molar-refractivity contribution in [2.75, 3.05) is 20.3 Å². The molecule has 1 amide bonds. The lowest BCUT2D eigenvalue weighted by atomic mass is 10.0. The van der Waals surface area contributed by atoms with Crippen molar-refractivity contribution in [3.8, 4) is 0 Å². The van der Waals surface area contributed by atoms with Crippen molar-refractivity contribution in [3.63, 3.8) is 0 Å². The Morgan fingerprint density at radius 1 is 1.06 bits per heavy atom. The fourth-order valence-electron chi connectivity index (χ4n) is 2.71. The number of aryl methyl sites for hydroxylation is 1. The monoisotopic (exact) mass is 473 g/mol. The number of ether oxygens (including phenoxy) is 2. The highest BCUT2D eigenvalue weighted by molar-refractivity contribution is 7.85. The molecular formula is C22H35NO8S. The molecule has 10 heteroatoms. The van der Waals surface area contributed by atoms with Crippen LogP contribution in [-0.4, -0.2) is 51.0 Å². The van der Waals surface area contributed by atoms with Crippen molar-refractivity contribution >= 4 is 27.8 Å². The van der Waals surface area contributed by atoms with E-state index in [9.17, 15) is 22.8 Å². The van der Waals surface area contributed by atoms with Crippen LogP contribution in [0.25, 0.3) is 0 Å². The molecule has 0 saturated heterocycles. The number of methoxy groups -OCH3 is 1. The van der Waals surface area contributed by atoms with Crippen molar-refractivity contribution in [2.24, 2.45) is 11.7 Å². The van der Waals surface area contributed by atoms with Crippen molar-refractivity contribution in [1.82, 2.24) is 0 Å². The quantitative estimate of drug-likeness (QED) is 0.238. The van der Waals surface area contributed by atoms with Gasteiger partial charge in [0.05, 0.1) is 10.8 Å². The molecule has 0 bridgehead atoms. The first-order valence-electron chi connectivity index (χ1n) is 10.5. The molecule has 0 aliphatic heterocycles. The topological polar surface area (TPSA) is 150 Å². The first-order chi connectivity index (χ1) is 15.0. The van der Waals surface area contributed by atoms with Crippen LogP contribution in [0.4, 0.5) is 0 Å². The third-order valence-electron chi connectivity index (χ3n) is 4.53. The Morgan fingerprint density at radius 3 is 2.22 bits per heavy atom. The molecule has 0 radical (unpaired) electrons. The van der Waals surface area contributed by atoms with E-state index < -0.39 is 21.9 Å². The standard InChI is InChI=1S/C15H27NO5.C7H8O3S/c1-12(17)7-6-8-13(15(16)19)11-21-14(18)9-4-3-5-10-20-2;1-6-4-2-3-5-7(6)11(8,9)10/h13H,3-11H2,1-2H3,(H2,16,19);2-5H,1H3,(H,8,9,10). The summed E-state index contributed by atoms with van der Waals surface area (Å²) >= 11 is 0. The van der Waals surface area contributed by atoms with E-state index in [2.05, 4.69) is 0 Å². The summed E-state index contributed by atoms with van der Waals surface area (Å²) in [6.45, 7) is 3.82. The van der Waals surface area contributed by atoms with Crippen LogP contribution in [0.15, 0.2) is 29.2 Å². The largest absolute Gasteiger partial charge is 0.465 e. The maximum Gasteiger partial charge on any atom is 0.305 e. The van der Waals surface area contributed by atoms with Gasteiger partial charge < -0.3 is 20.0 Å². The molecular weight excluding hydrogens is 438 g/mol. The second-order valence-corrected chi connectivity index (χ2v) is 8.81. The second-order valence-electron chi connectivity index (χ2n) is 7.42. The van der Waals surface area contributed by atoms with Crippen LogP contribution in [0, 0.1) is 12.8 Å². The molecule has 182 valence electrons. The highest BCUT2D eigenvalue weighted by atomic mass is 32.2. The fourth-order valence-corrected chi connectivity index (χ4v) is 3.43. The highest BCUT2D eigenvalue weighted by Crippen LogP contribution is 2.13. The number of carbonyl (C=O) groups excluding carboxylic acids is 3. The predicted octanol–water partition coefficient (Wildman–Crippen LogP) is 2.84. The van der Waals surface area contributed by atoms with E-state index in [4.69, 9.17) is 19.8 Å². The number of primary amides is 1. The average Bonchev–Trinajstić information content (AvgIpc) is 2.69. The molecule has 32 heavy (non-hydrogen) atoms. The number of benzene rings is 1. The van der Waals surface area contributed by atoms with Crippen LogP contribution >= 0.6 is 0 Å². The van der Waals surface area contributed by atoms with Gasteiger partial charge in [-0.3, -0.25) is 14.1 Å². The molecule has 1 unspecified atom stereocenters. The summed E-state index contributed by atoms with van der Waals surface area (Å²) in [4.78, 5) is 33.6. The number of esters is 1. The van der Waals surface area contributed by atoms with E-state index in [1.165, 1.54) is 13.0 Å². The smallest absolute Gasteiger partial charge is 0.305 e. The number of unbranched alkanes of at least 4 members (excludes halogenated alkanes) is 2. The van der Waals surface area contributed by atoms with Crippen LogP contribution in [0.1, 0.15) is 57.4 Å². The number of nitrogens with two attached hydrogens (primary N) is 1. The molecule has 1 aromatic carbocycles.